The molecule has 2 aliphatic heterocycles. The Kier molecular flexibility index (Phi) is 4.88. The fourth-order valence-electron chi connectivity index (χ4n) is 3.62. The Labute approximate surface area is 171 Å². The first-order valence-electron chi connectivity index (χ1n) is 8.77. The van der Waals surface area contributed by atoms with E-state index in [-0.39, 0.29) is 27.5 Å². The maximum atomic E-state index is 12.9. The van der Waals surface area contributed by atoms with Gasteiger partial charge in [0.05, 0.1) is 46.2 Å². The van der Waals surface area contributed by atoms with Gasteiger partial charge in [0.15, 0.2) is 11.5 Å². The zero-order valence-corrected chi connectivity index (χ0v) is 17.2. The Morgan fingerprint density at radius 3 is 2.93 bits per heavy atom. The van der Waals surface area contributed by atoms with Gasteiger partial charge in [0.2, 0.25) is 0 Å². The highest BCUT2D eigenvalue weighted by molar-refractivity contribution is 7.16. The van der Waals surface area contributed by atoms with Crippen molar-refractivity contribution in [3.63, 3.8) is 0 Å². The Bertz CT molecular complexity index is 931. The molecule has 2 aromatic rings. The van der Waals surface area contributed by atoms with Crippen LogP contribution in [-0.4, -0.2) is 31.2 Å². The summed E-state index contributed by atoms with van der Waals surface area (Å²) < 4.78 is 5.44. The van der Waals surface area contributed by atoms with Gasteiger partial charge < -0.3 is 25.4 Å². The quantitative estimate of drug-likeness (QED) is 0.605. The number of hydrogen-bond donors (Lipinski definition) is 4. The molecule has 0 saturated heterocycles. The fraction of sp³-hybridized carbons (Fsp3) is 0.389. The Hall–Kier alpha value is -1.67. The lowest BCUT2D eigenvalue weighted by molar-refractivity contribution is -0.895. The standard InChI is InChI=1S/C18H19Cl2N3O3S/c1-3-26-10-6-9(19)14(20)13(15(10)24)16-21-17(25)12-8-4-5-23(2)7-11(8)27-18(12)22-16/h6,16,22,24H,3-5,7H2,1-2H3,(H,21,25)/p+1/t16-/m1/s1. The first kappa shape index (κ1) is 18.7. The van der Waals surface area contributed by atoms with Crippen LogP contribution in [0.25, 0.3) is 0 Å². The van der Waals surface area contributed by atoms with E-state index in [0.717, 1.165) is 30.1 Å². The number of rotatable bonds is 3. The van der Waals surface area contributed by atoms with Gasteiger partial charge in [0.25, 0.3) is 5.91 Å². The fourth-order valence-corrected chi connectivity index (χ4v) is 5.46. The smallest absolute Gasteiger partial charge is 0.256 e. The van der Waals surface area contributed by atoms with Crippen molar-refractivity contribution in [3.05, 3.63) is 37.7 Å². The van der Waals surface area contributed by atoms with Crippen molar-refractivity contribution >= 4 is 45.4 Å². The van der Waals surface area contributed by atoms with Crippen LogP contribution in [0.3, 0.4) is 0 Å². The molecular weight excluding hydrogens is 409 g/mol. The minimum Gasteiger partial charge on any atom is -0.504 e. The number of nitrogens with one attached hydrogen (secondary N) is 3. The summed E-state index contributed by atoms with van der Waals surface area (Å²) in [6.07, 6.45) is 0.185. The average Bonchev–Trinajstić information content (AvgIpc) is 2.97. The molecule has 9 heteroatoms. The van der Waals surface area contributed by atoms with Gasteiger partial charge in [-0.1, -0.05) is 23.2 Å². The first-order chi connectivity index (χ1) is 12.9. The number of carbonyl (C=O) groups excluding carboxylic acids is 1. The van der Waals surface area contributed by atoms with Crippen LogP contribution >= 0.6 is 34.5 Å². The van der Waals surface area contributed by atoms with E-state index >= 15 is 0 Å². The molecular formula is C18H20Cl2N3O3S+. The second-order valence-electron chi connectivity index (χ2n) is 6.76. The molecule has 144 valence electrons. The number of phenols is 1. The number of fused-ring (bicyclic) bond motifs is 3. The van der Waals surface area contributed by atoms with Crippen LogP contribution < -0.4 is 20.3 Å². The van der Waals surface area contributed by atoms with Crippen molar-refractivity contribution in [2.24, 2.45) is 0 Å². The van der Waals surface area contributed by atoms with Crippen molar-refractivity contribution in [1.29, 1.82) is 0 Å². The minimum atomic E-state index is -0.694. The topological polar surface area (TPSA) is 75.0 Å². The Morgan fingerprint density at radius 2 is 2.19 bits per heavy atom. The maximum Gasteiger partial charge on any atom is 0.256 e. The largest absolute Gasteiger partial charge is 0.504 e. The summed E-state index contributed by atoms with van der Waals surface area (Å²) in [4.78, 5) is 15.5. The Morgan fingerprint density at radius 1 is 1.41 bits per heavy atom. The predicted octanol–water partition coefficient (Wildman–Crippen LogP) is 2.58. The van der Waals surface area contributed by atoms with Crippen LogP contribution in [0.4, 0.5) is 5.00 Å². The highest BCUT2D eigenvalue weighted by atomic mass is 35.5. The normalized spacial score (nSPS) is 21.1. The van der Waals surface area contributed by atoms with Gasteiger partial charge in [-0.2, -0.15) is 0 Å². The van der Waals surface area contributed by atoms with E-state index in [9.17, 15) is 9.90 Å². The van der Waals surface area contributed by atoms with Gasteiger partial charge in [-0.05, 0) is 12.5 Å². The molecule has 0 bridgehead atoms. The van der Waals surface area contributed by atoms with Crippen molar-refractivity contribution < 1.29 is 19.5 Å². The summed E-state index contributed by atoms with van der Waals surface area (Å²) in [6, 6.07) is 1.48. The van der Waals surface area contributed by atoms with Crippen LogP contribution in [0.5, 0.6) is 11.5 Å². The third-order valence-corrected chi connectivity index (χ3v) is 6.88. The number of likely N-dealkylation sites (N-methyl/N-ethyl adjacent to an activating group) is 1. The average molecular weight is 429 g/mol. The predicted molar refractivity (Wildman–Crippen MR) is 107 cm³/mol. The highest BCUT2D eigenvalue weighted by Gasteiger charge is 2.36. The molecule has 0 aliphatic carbocycles. The summed E-state index contributed by atoms with van der Waals surface area (Å²) in [5.74, 6) is -0.0587. The second-order valence-corrected chi connectivity index (χ2v) is 8.65. The summed E-state index contributed by atoms with van der Waals surface area (Å²) in [5, 5.41) is 18.1. The molecule has 27 heavy (non-hydrogen) atoms. The van der Waals surface area contributed by atoms with Crippen LogP contribution in [-0.2, 0) is 13.0 Å². The number of anilines is 1. The van der Waals surface area contributed by atoms with Crippen LogP contribution in [0.2, 0.25) is 10.0 Å². The van der Waals surface area contributed by atoms with E-state index in [1.54, 1.807) is 11.3 Å². The number of aromatic hydroxyl groups is 1. The zero-order chi connectivity index (χ0) is 19.3. The molecule has 0 spiro atoms. The van der Waals surface area contributed by atoms with E-state index in [4.69, 9.17) is 27.9 Å². The number of quaternary nitrogens is 1. The monoisotopic (exact) mass is 428 g/mol. The van der Waals surface area contributed by atoms with E-state index < -0.39 is 6.17 Å². The molecule has 0 radical (unpaired) electrons. The molecule has 1 aromatic carbocycles. The molecule has 4 N–H and O–H groups in total. The van der Waals surface area contributed by atoms with Crippen molar-refractivity contribution in [3.8, 4) is 11.5 Å². The number of carbonyl (C=O) groups is 1. The third kappa shape index (κ3) is 3.12. The lowest BCUT2D eigenvalue weighted by Gasteiger charge is -2.28. The highest BCUT2D eigenvalue weighted by Crippen LogP contribution is 2.46. The number of thiophene rings is 1. The second kappa shape index (κ2) is 7.05. The van der Waals surface area contributed by atoms with Gasteiger partial charge in [-0.15, -0.1) is 11.3 Å². The number of ether oxygens (including phenoxy) is 1. The molecule has 1 aromatic heterocycles. The van der Waals surface area contributed by atoms with Crippen molar-refractivity contribution in [1.82, 2.24) is 5.32 Å². The molecule has 2 atom stereocenters. The number of halogens is 2. The number of hydrogen-bond acceptors (Lipinski definition) is 5. The van der Waals surface area contributed by atoms with E-state index in [1.807, 2.05) is 6.92 Å². The van der Waals surface area contributed by atoms with Gasteiger partial charge in [-0.3, -0.25) is 4.79 Å². The molecule has 0 fully saturated rings. The molecule has 1 amide bonds. The van der Waals surface area contributed by atoms with Crippen molar-refractivity contribution in [2.75, 3.05) is 25.5 Å². The Balaban J connectivity index is 1.76. The summed E-state index contributed by atoms with van der Waals surface area (Å²) in [7, 11) is 2.15. The van der Waals surface area contributed by atoms with Gasteiger partial charge in [0, 0.05) is 12.5 Å². The third-order valence-electron chi connectivity index (χ3n) is 4.91. The van der Waals surface area contributed by atoms with Crippen LogP contribution in [0, 0.1) is 0 Å². The lowest BCUT2D eigenvalue weighted by atomic mass is 10.0. The van der Waals surface area contributed by atoms with Crippen LogP contribution in [0.1, 0.15) is 39.5 Å². The summed E-state index contributed by atoms with van der Waals surface area (Å²) in [5.41, 5.74) is 2.14. The number of phenolic OH excluding ortho intramolecular Hbond substituents is 1. The summed E-state index contributed by atoms with van der Waals surface area (Å²) >= 11 is 14.2. The van der Waals surface area contributed by atoms with Gasteiger partial charge in [0.1, 0.15) is 17.7 Å². The van der Waals surface area contributed by atoms with Crippen LogP contribution in [0.15, 0.2) is 6.07 Å². The first-order valence-corrected chi connectivity index (χ1v) is 10.3. The molecule has 3 heterocycles. The molecule has 0 saturated carbocycles. The lowest BCUT2D eigenvalue weighted by Crippen LogP contribution is -3.08. The van der Waals surface area contributed by atoms with E-state index in [2.05, 4.69) is 17.7 Å². The summed E-state index contributed by atoms with van der Waals surface area (Å²) in [6.45, 7) is 4.09. The molecule has 2 aliphatic rings. The van der Waals surface area contributed by atoms with Gasteiger partial charge >= 0.3 is 0 Å². The SMILES string of the molecule is CCOc1cc(Cl)c(Cl)c([C@@H]2NC(=O)c3c(sc4c3CC[NH+](C)C4)N2)c1O. The molecule has 6 nitrogen and oxygen atoms in total. The minimum absolute atomic E-state index is 0.127. The maximum absolute atomic E-state index is 12.9. The number of benzene rings is 1. The molecule has 1 unspecified atom stereocenters. The molecule has 4 rings (SSSR count). The number of amides is 1. The van der Waals surface area contributed by atoms with Crippen molar-refractivity contribution in [2.45, 2.75) is 26.1 Å². The van der Waals surface area contributed by atoms with E-state index in [1.165, 1.54) is 15.8 Å². The van der Waals surface area contributed by atoms with Gasteiger partial charge in [-0.25, -0.2) is 0 Å². The van der Waals surface area contributed by atoms with E-state index in [0.29, 0.717) is 17.7 Å². The zero-order valence-electron chi connectivity index (χ0n) is 14.9.